The number of nitrogens with one attached hydrogen (secondary N) is 1. The van der Waals surface area contributed by atoms with Crippen LogP contribution in [0.5, 0.6) is 0 Å². The number of carboxylic acid groups (broad SMARTS) is 1. The molecule has 4 N–H and O–H groups in total. The highest BCUT2D eigenvalue weighted by molar-refractivity contribution is 6.08. The molecule has 0 bridgehead atoms. The van der Waals surface area contributed by atoms with Crippen molar-refractivity contribution in [3.05, 3.63) is 28.8 Å². The van der Waals surface area contributed by atoms with E-state index in [0.29, 0.717) is 12.1 Å². The second-order valence-corrected chi connectivity index (χ2v) is 4.89. The molecule has 1 amide bonds. The van der Waals surface area contributed by atoms with Crippen LogP contribution in [0.3, 0.4) is 0 Å². The molecular weight excluding hydrogens is 289 g/mol. The summed E-state index contributed by atoms with van der Waals surface area (Å²) >= 11 is 0. The van der Waals surface area contributed by atoms with E-state index in [2.05, 4.69) is 5.32 Å². The van der Waals surface area contributed by atoms with E-state index in [1.54, 1.807) is 0 Å². The first-order chi connectivity index (χ1) is 9.54. The largest absolute Gasteiger partial charge is 0.478 e. The minimum Gasteiger partial charge on any atom is -0.478 e. The second-order valence-electron chi connectivity index (χ2n) is 4.89. The maximum atomic E-state index is 12.6. The number of hydrogen-bond donors (Lipinski definition) is 3. The highest BCUT2D eigenvalue weighted by atomic mass is 19.4. The lowest BCUT2D eigenvalue weighted by atomic mass is 10.0. The van der Waals surface area contributed by atoms with E-state index in [9.17, 15) is 22.8 Å². The zero-order chi connectivity index (χ0) is 16.4. The number of nitrogen functional groups attached to an aromatic ring is 1. The summed E-state index contributed by atoms with van der Waals surface area (Å²) in [4.78, 5) is 23.0. The van der Waals surface area contributed by atoms with E-state index in [-0.39, 0.29) is 12.5 Å². The number of halogens is 3. The predicted octanol–water partition coefficient (Wildman–Crippen LogP) is 2.37. The fourth-order valence-electron chi connectivity index (χ4n) is 1.64. The van der Waals surface area contributed by atoms with Crippen LogP contribution in [0.15, 0.2) is 12.1 Å². The van der Waals surface area contributed by atoms with Crippen LogP contribution in [0.1, 0.15) is 40.1 Å². The van der Waals surface area contributed by atoms with Gasteiger partial charge in [-0.15, -0.1) is 0 Å². The Kier molecular flexibility index (Phi) is 4.82. The number of anilines is 1. The quantitative estimate of drug-likeness (QED) is 0.745. The van der Waals surface area contributed by atoms with Crippen molar-refractivity contribution in [3.8, 4) is 0 Å². The summed E-state index contributed by atoms with van der Waals surface area (Å²) in [6, 6.07) is 0.958. The van der Waals surface area contributed by atoms with E-state index in [4.69, 9.17) is 10.8 Å². The van der Waals surface area contributed by atoms with Gasteiger partial charge in [0.2, 0.25) is 0 Å². The number of alkyl halides is 3. The van der Waals surface area contributed by atoms with Crippen molar-refractivity contribution in [1.82, 2.24) is 5.32 Å². The average Bonchev–Trinajstić information content (AvgIpc) is 2.33. The summed E-state index contributed by atoms with van der Waals surface area (Å²) in [7, 11) is 0. The first-order valence-corrected chi connectivity index (χ1v) is 6.06. The highest BCUT2D eigenvalue weighted by Gasteiger charge is 2.34. The topological polar surface area (TPSA) is 92.4 Å². The Hall–Kier alpha value is -2.25. The van der Waals surface area contributed by atoms with Crippen LogP contribution in [-0.4, -0.2) is 23.5 Å². The van der Waals surface area contributed by atoms with Gasteiger partial charge in [-0.3, -0.25) is 4.79 Å². The van der Waals surface area contributed by atoms with Crippen LogP contribution >= 0.6 is 0 Å². The van der Waals surface area contributed by atoms with Crippen molar-refractivity contribution in [1.29, 1.82) is 0 Å². The molecule has 21 heavy (non-hydrogen) atoms. The lowest BCUT2D eigenvalue weighted by Crippen LogP contribution is -2.30. The monoisotopic (exact) mass is 304 g/mol. The third-order valence-electron chi connectivity index (χ3n) is 2.62. The van der Waals surface area contributed by atoms with Gasteiger partial charge >= 0.3 is 12.1 Å². The molecule has 1 rings (SSSR count). The first-order valence-electron chi connectivity index (χ1n) is 6.06. The van der Waals surface area contributed by atoms with Gasteiger partial charge in [0.1, 0.15) is 0 Å². The van der Waals surface area contributed by atoms with E-state index in [1.165, 1.54) is 0 Å². The zero-order valence-electron chi connectivity index (χ0n) is 11.4. The van der Waals surface area contributed by atoms with Crippen molar-refractivity contribution in [3.63, 3.8) is 0 Å². The van der Waals surface area contributed by atoms with Gasteiger partial charge in [-0.2, -0.15) is 13.2 Å². The van der Waals surface area contributed by atoms with Gasteiger partial charge in [-0.05, 0) is 18.1 Å². The summed E-state index contributed by atoms with van der Waals surface area (Å²) in [5.74, 6) is -2.37. The lowest BCUT2D eigenvalue weighted by Gasteiger charge is -2.15. The Morgan fingerprint density at radius 3 is 2.33 bits per heavy atom. The maximum absolute atomic E-state index is 12.6. The molecule has 0 saturated carbocycles. The molecule has 1 aromatic rings. The van der Waals surface area contributed by atoms with Crippen molar-refractivity contribution >= 4 is 17.6 Å². The minimum atomic E-state index is -4.74. The number of nitrogens with two attached hydrogens (primary N) is 1. The van der Waals surface area contributed by atoms with Crippen molar-refractivity contribution < 1.29 is 27.9 Å². The van der Waals surface area contributed by atoms with E-state index >= 15 is 0 Å². The third-order valence-corrected chi connectivity index (χ3v) is 2.62. The summed E-state index contributed by atoms with van der Waals surface area (Å²) < 4.78 is 37.9. The minimum absolute atomic E-state index is 0.0953. The molecule has 0 heterocycles. The van der Waals surface area contributed by atoms with Gasteiger partial charge in [0.15, 0.2) is 0 Å². The van der Waals surface area contributed by atoms with Crippen LogP contribution in [0.2, 0.25) is 0 Å². The molecule has 0 unspecified atom stereocenters. The van der Waals surface area contributed by atoms with Crippen LogP contribution in [-0.2, 0) is 6.18 Å². The number of carbonyl (C=O) groups is 2. The third kappa shape index (κ3) is 4.11. The Balaban J connectivity index is 3.32. The molecule has 0 aliphatic carbocycles. The summed E-state index contributed by atoms with van der Waals surface area (Å²) in [6.45, 7) is 3.88. The molecule has 5 nitrogen and oxygen atoms in total. The SMILES string of the molecule is CC(C)CNC(=O)c1c(N)cc(C(F)(F)F)cc1C(=O)O. The van der Waals surface area contributed by atoms with Crippen molar-refractivity contribution in [2.75, 3.05) is 12.3 Å². The van der Waals surface area contributed by atoms with Crippen molar-refractivity contribution in [2.24, 2.45) is 5.92 Å². The molecule has 0 spiro atoms. The van der Waals surface area contributed by atoms with E-state index in [0.717, 1.165) is 0 Å². The molecule has 116 valence electrons. The molecule has 0 saturated heterocycles. The zero-order valence-corrected chi connectivity index (χ0v) is 11.4. The number of aromatic carboxylic acids is 1. The Labute approximate surface area is 118 Å². The smallest absolute Gasteiger partial charge is 0.416 e. The Morgan fingerprint density at radius 2 is 1.90 bits per heavy atom. The predicted molar refractivity (Wildman–Crippen MR) is 70.0 cm³/mol. The lowest BCUT2D eigenvalue weighted by molar-refractivity contribution is -0.137. The molecule has 0 radical (unpaired) electrons. The standard InChI is InChI=1S/C13H15F3N2O3/c1-6(2)5-18-11(19)10-8(12(20)21)3-7(4-9(10)17)13(14,15)16/h3-4,6H,5,17H2,1-2H3,(H,18,19)(H,20,21). The van der Waals surface area contributed by atoms with E-state index < -0.39 is 40.4 Å². The van der Waals surface area contributed by atoms with Crippen LogP contribution < -0.4 is 11.1 Å². The Bertz CT molecular complexity index is 569. The molecule has 0 fully saturated rings. The normalized spacial score (nSPS) is 11.5. The molecule has 1 aromatic carbocycles. The Morgan fingerprint density at radius 1 is 1.33 bits per heavy atom. The van der Waals surface area contributed by atoms with Gasteiger partial charge in [0.25, 0.3) is 5.91 Å². The number of hydrogen-bond acceptors (Lipinski definition) is 3. The number of carboxylic acids is 1. The highest BCUT2D eigenvalue weighted by Crippen LogP contribution is 2.33. The number of amides is 1. The molecular formula is C13H15F3N2O3. The van der Waals surface area contributed by atoms with Gasteiger partial charge in [0.05, 0.1) is 16.7 Å². The van der Waals surface area contributed by atoms with Gasteiger partial charge in [-0.1, -0.05) is 13.8 Å². The van der Waals surface area contributed by atoms with Crippen LogP contribution in [0.25, 0.3) is 0 Å². The average molecular weight is 304 g/mol. The molecule has 0 aromatic heterocycles. The van der Waals surface area contributed by atoms with Gasteiger partial charge in [-0.25, -0.2) is 4.79 Å². The summed E-state index contributed by atoms with van der Waals surface area (Å²) in [5.41, 5.74) is 2.47. The fraction of sp³-hybridized carbons (Fsp3) is 0.385. The van der Waals surface area contributed by atoms with Gasteiger partial charge in [0, 0.05) is 12.2 Å². The van der Waals surface area contributed by atoms with Crippen LogP contribution in [0, 0.1) is 5.92 Å². The molecule has 0 atom stereocenters. The number of benzene rings is 1. The number of carbonyl (C=O) groups excluding carboxylic acids is 1. The summed E-state index contributed by atoms with van der Waals surface area (Å²) in [5, 5.41) is 11.4. The molecule has 8 heteroatoms. The fourth-order valence-corrected chi connectivity index (χ4v) is 1.64. The second kappa shape index (κ2) is 6.02. The van der Waals surface area contributed by atoms with Crippen molar-refractivity contribution in [2.45, 2.75) is 20.0 Å². The maximum Gasteiger partial charge on any atom is 0.416 e. The first kappa shape index (κ1) is 16.8. The summed E-state index contributed by atoms with van der Waals surface area (Å²) in [6.07, 6.45) is -4.74. The van der Waals surface area contributed by atoms with E-state index in [1.807, 2.05) is 13.8 Å². The molecule has 0 aliphatic rings. The number of rotatable bonds is 4. The van der Waals surface area contributed by atoms with Crippen LogP contribution in [0.4, 0.5) is 18.9 Å². The van der Waals surface area contributed by atoms with Gasteiger partial charge < -0.3 is 16.2 Å². The molecule has 0 aliphatic heterocycles.